The second-order valence-corrected chi connectivity index (χ2v) is 4.65. The molecule has 0 saturated carbocycles. The van der Waals surface area contributed by atoms with Crippen LogP contribution in [0.2, 0.25) is 0 Å². The lowest BCUT2D eigenvalue weighted by molar-refractivity contribution is 0.146. The lowest BCUT2D eigenvalue weighted by Crippen LogP contribution is -2.44. The van der Waals surface area contributed by atoms with Crippen LogP contribution in [0, 0.1) is 11.3 Å². The summed E-state index contributed by atoms with van der Waals surface area (Å²) in [7, 11) is 2.16. The SMILES string of the molecule is CCCN1C(C)CCN(C)CC1CC#N. The van der Waals surface area contributed by atoms with Gasteiger partial charge < -0.3 is 4.90 Å². The molecule has 0 aromatic rings. The molecule has 1 rings (SSSR count). The van der Waals surface area contributed by atoms with Crippen molar-refractivity contribution in [2.75, 3.05) is 26.7 Å². The third kappa shape index (κ3) is 3.48. The van der Waals surface area contributed by atoms with Gasteiger partial charge in [-0.25, -0.2) is 0 Å². The summed E-state index contributed by atoms with van der Waals surface area (Å²) < 4.78 is 0. The van der Waals surface area contributed by atoms with E-state index in [2.05, 4.69) is 36.8 Å². The lowest BCUT2D eigenvalue weighted by Gasteiger charge is -2.33. The molecule has 0 aromatic carbocycles. The smallest absolute Gasteiger partial charge is 0.0638 e. The predicted molar refractivity (Wildman–Crippen MR) is 62.6 cm³/mol. The highest BCUT2D eigenvalue weighted by Gasteiger charge is 2.27. The van der Waals surface area contributed by atoms with Crippen molar-refractivity contribution >= 4 is 0 Å². The Morgan fingerprint density at radius 1 is 1.47 bits per heavy atom. The Kier molecular flexibility index (Phi) is 5.07. The predicted octanol–water partition coefficient (Wildman–Crippen LogP) is 1.70. The Morgan fingerprint density at radius 2 is 2.20 bits per heavy atom. The Morgan fingerprint density at radius 3 is 2.80 bits per heavy atom. The first-order valence-electron chi connectivity index (χ1n) is 6.00. The first-order valence-corrected chi connectivity index (χ1v) is 6.00. The first-order chi connectivity index (χ1) is 7.19. The van der Waals surface area contributed by atoms with Gasteiger partial charge in [-0.15, -0.1) is 0 Å². The summed E-state index contributed by atoms with van der Waals surface area (Å²) in [5, 5.41) is 8.87. The van der Waals surface area contributed by atoms with E-state index in [1.54, 1.807) is 0 Å². The zero-order valence-corrected chi connectivity index (χ0v) is 10.2. The maximum absolute atomic E-state index is 8.87. The molecule has 1 aliphatic rings. The monoisotopic (exact) mass is 209 g/mol. The van der Waals surface area contributed by atoms with Gasteiger partial charge in [-0.2, -0.15) is 5.26 Å². The zero-order chi connectivity index (χ0) is 11.3. The van der Waals surface area contributed by atoms with Crippen LogP contribution in [0.1, 0.15) is 33.1 Å². The molecule has 0 spiro atoms. The molecule has 3 heteroatoms. The fraction of sp³-hybridized carbons (Fsp3) is 0.917. The summed E-state index contributed by atoms with van der Waals surface area (Å²) in [5.41, 5.74) is 0. The van der Waals surface area contributed by atoms with Gasteiger partial charge in [0.2, 0.25) is 0 Å². The molecular formula is C12H23N3. The molecule has 0 bridgehead atoms. The second kappa shape index (κ2) is 6.09. The molecule has 3 nitrogen and oxygen atoms in total. The number of hydrogen-bond acceptors (Lipinski definition) is 3. The molecule has 0 aromatic heterocycles. The number of nitriles is 1. The first kappa shape index (κ1) is 12.5. The molecule has 1 heterocycles. The molecule has 1 fully saturated rings. The van der Waals surface area contributed by atoms with Gasteiger partial charge in [-0.3, -0.25) is 4.90 Å². The van der Waals surface area contributed by atoms with Gasteiger partial charge >= 0.3 is 0 Å². The normalized spacial score (nSPS) is 29.7. The van der Waals surface area contributed by atoms with Crippen molar-refractivity contribution in [3.05, 3.63) is 0 Å². The standard InChI is InChI=1S/C12H23N3/c1-4-8-15-11(2)6-9-14(3)10-12(15)5-7-13/h11-12H,4-6,8-10H2,1-3H3. The van der Waals surface area contributed by atoms with E-state index >= 15 is 0 Å². The highest BCUT2D eigenvalue weighted by molar-refractivity contribution is 4.89. The number of likely N-dealkylation sites (N-methyl/N-ethyl adjacent to an activating group) is 1. The molecule has 0 N–H and O–H groups in total. The van der Waals surface area contributed by atoms with Gasteiger partial charge in [0.1, 0.15) is 0 Å². The molecule has 2 atom stereocenters. The van der Waals surface area contributed by atoms with Crippen LogP contribution in [0.3, 0.4) is 0 Å². The molecule has 2 unspecified atom stereocenters. The fourth-order valence-electron chi connectivity index (χ4n) is 2.44. The maximum Gasteiger partial charge on any atom is 0.0638 e. The fourth-order valence-corrected chi connectivity index (χ4v) is 2.44. The largest absolute Gasteiger partial charge is 0.305 e. The molecule has 0 radical (unpaired) electrons. The number of rotatable bonds is 3. The summed E-state index contributed by atoms with van der Waals surface area (Å²) in [4.78, 5) is 4.88. The van der Waals surface area contributed by atoms with E-state index in [-0.39, 0.29) is 0 Å². The molecule has 0 aliphatic carbocycles. The van der Waals surface area contributed by atoms with Gasteiger partial charge in [0.05, 0.1) is 12.5 Å². The van der Waals surface area contributed by atoms with Crippen molar-refractivity contribution in [2.24, 2.45) is 0 Å². The molecule has 15 heavy (non-hydrogen) atoms. The van der Waals surface area contributed by atoms with E-state index in [1.165, 1.54) is 12.8 Å². The Balaban J connectivity index is 2.69. The quantitative estimate of drug-likeness (QED) is 0.709. The molecule has 86 valence electrons. The summed E-state index contributed by atoms with van der Waals surface area (Å²) in [5.74, 6) is 0. The van der Waals surface area contributed by atoms with Crippen LogP contribution < -0.4 is 0 Å². The average molecular weight is 209 g/mol. The Labute approximate surface area is 93.7 Å². The van der Waals surface area contributed by atoms with E-state index in [1.807, 2.05) is 0 Å². The Bertz CT molecular complexity index is 221. The minimum absolute atomic E-state index is 0.428. The summed E-state index contributed by atoms with van der Waals surface area (Å²) in [6.45, 7) is 7.83. The lowest BCUT2D eigenvalue weighted by atomic mass is 10.1. The molecular weight excluding hydrogens is 186 g/mol. The van der Waals surface area contributed by atoms with Gasteiger partial charge in [0, 0.05) is 18.6 Å². The van der Waals surface area contributed by atoms with Crippen LogP contribution in [0.5, 0.6) is 0 Å². The molecule has 1 aliphatic heterocycles. The van der Waals surface area contributed by atoms with Gasteiger partial charge in [-0.05, 0) is 39.9 Å². The van der Waals surface area contributed by atoms with Crippen molar-refractivity contribution in [1.82, 2.24) is 9.80 Å². The van der Waals surface area contributed by atoms with Crippen molar-refractivity contribution in [3.8, 4) is 6.07 Å². The summed E-state index contributed by atoms with van der Waals surface area (Å²) in [6, 6.07) is 3.37. The topological polar surface area (TPSA) is 30.3 Å². The molecule has 0 amide bonds. The van der Waals surface area contributed by atoms with E-state index < -0.39 is 0 Å². The highest BCUT2D eigenvalue weighted by atomic mass is 15.2. The van der Waals surface area contributed by atoms with Gasteiger partial charge in [0.15, 0.2) is 0 Å². The van der Waals surface area contributed by atoms with Crippen molar-refractivity contribution in [3.63, 3.8) is 0 Å². The second-order valence-electron chi connectivity index (χ2n) is 4.65. The van der Waals surface area contributed by atoms with E-state index in [0.29, 0.717) is 18.5 Å². The van der Waals surface area contributed by atoms with Crippen LogP contribution in [0.25, 0.3) is 0 Å². The summed E-state index contributed by atoms with van der Waals surface area (Å²) >= 11 is 0. The Hall–Kier alpha value is -0.590. The van der Waals surface area contributed by atoms with E-state index in [9.17, 15) is 0 Å². The van der Waals surface area contributed by atoms with Crippen LogP contribution in [-0.2, 0) is 0 Å². The van der Waals surface area contributed by atoms with Crippen molar-refractivity contribution in [1.29, 1.82) is 5.26 Å². The minimum Gasteiger partial charge on any atom is -0.305 e. The molecule has 1 saturated heterocycles. The zero-order valence-electron chi connectivity index (χ0n) is 10.2. The van der Waals surface area contributed by atoms with Crippen molar-refractivity contribution in [2.45, 2.75) is 45.2 Å². The van der Waals surface area contributed by atoms with Crippen LogP contribution in [0.15, 0.2) is 0 Å². The van der Waals surface area contributed by atoms with Crippen LogP contribution in [-0.4, -0.2) is 48.6 Å². The third-order valence-electron chi connectivity index (χ3n) is 3.29. The van der Waals surface area contributed by atoms with E-state index in [4.69, 9.17) is 5.26 Å². The van der Waals surface area contributed by atoms with Gasteiger partial charge in [-0.1, -0.05) is 6.92 Å². The minimum atomic E-state index is 0.428. The highest BCUT2D eigenvalue weighted by Crippen LogP contribution is 2.17. The van der Waals surface area contributed by atoms with Crippen LogP contribution in [0.4, 0.5) is 0 Å². The van der Waals surface area contributed by atoms with Gasteiger partial charge in [0.25, 0.3) is 0 Å². The van der Waals surface area contributed by atoms with Crippen molar-refractivity contribution < 1.29 is 0 Å². The number of nitrogens with zero attached hydrogens (tertiary/aromatic N) is 3. The van der Waals surface area contributed by atoms with E-state index in [0.717, 1.165) is 19.6 Å². The third-order valence-corrected chi connectivity index (χ3v) is 3.29. The number of hydrogen-bond donors (Lipinski definition) is 0. The summed E-state index contributed by atoms with van der Waals surface area (Å²) in [6.07, 6.45) is 3.06. The van der Waals surface area contributed by atoms with Crippen LogP contribution >= 0.6 is 0 Å². The maximum atomic E-state index is 8.87. The average Bonchev–Trinajstić information content (AvgIpc) is 2.33.